The first-order valence-electron chi connectivity index (χ1n) is 7.20. The number of hydrogen-bond donors (Lipinski definition) is 2. The van der Waals surface area contributed by atoms with Crippen LogP contribution in [0.15, 0.2) is 6.20 Å². The predicted octanol–water partition coefficient (Wildman–Crippen LogP) is 1.96. The van der Waals surface area contributed by atoms with Crippen LogP contribution in [0.2, 0.25) is 0 Å². The van der Waals surface area contributed by atoms with Gasteiger partial charge in [-0.1, -0.05) is 6.92 Å². The van der Waals surface area contributed by atoms with Crippen LogP contribution >= 0.6 is 36.2 Å². The number of ether oxygens (including phenoxy) is 1. The Labute approximate surface area is 148 Å². The summed E-state index contributed by atoms with van der Waals surface area (Å²) >= 11 is 1.72. The molecule has 1 fully saturated rings. The Morgan fingerprint density at radius 1 is 1.45 bits per heavy atom. The van der Waals surface area contributed by atoms with Crippen molar-refractivity contribution in [3.8, 4) is 0 Å². The Morgan fingerprint density at radius 3 is 2.68 bits per heavy atom. The molecule has 0 unspecified atom stereocenters. The molecule has 2 rings (SSSR count). The Balaban J connectivity index is 0.00000220. The van der Waals surface area contributed by atoms with E-state index in [1.807, 2.05) is 6.20 Å². The number of nitrogens with zero attached hydrogens (tertiary/aromatic N) is 1. The second-order valence-electron chi connectivity index (χ2n) is 5.18. The summed E-state index contributed by atoms with van der Waals surface area (Å²) in [5.74, 6) is 0.0653. The number of carbonyl (C=O) groups excluding carboxylic acids is 1. The van der Waals surface area contributed by atoms with Gasteiger partial charge in [0, 0.05) is 43.8 Å². The first-order valence-corrected chi connectivity index (χ1v) is 8.01. The molecule has 0 atom stereocenters. The van der Waals surface area contributed by atoms with Gasteiger partial charge < -0.3 is 15.8 Å². The van der Waals surface area contributed by atoms with Crippen LogP contribution in [0, 0.1) is 5.41 Å². The molecule has 1 aromatic rings. The molecular weight excluding hydrogens is 345 g/mol. The van der Waals surface area contributed by atoms with Gasteiger partial charge >= 0.3 is 0 Å². The fraction of sp³-hybridized carbons (Fsp3) is 0.714. The van der Waals surface area contributed by atoms with Gasteiger partial charge in [-0.15, -0.1) is 36.2 Å². The molecule has 1 aromatic heterocycles. The van der Waals surface area contributed by atoms with Gasteiger partial charge in [0.05, 0.1) is 10.4 Å². The molecule has 128 valence electrons. The highest BCUT2D eigenvalue weighted by Crippen LogP contribution is 2.29. The Bertz CT molecular complexity index is 451. The van der Waals surface area contributed by atoms with Crippen molar-refractivity contribution in [2.75, 3.05) is 26.3 Å². The molecule has 1 aliphatic heterocycles. The summed E-state index contributed by atoms with van der Waals surface area (Å²) in [6, 6.07) is 0. The van der Waals surface area contributed by atoms with E-state index in [0.717, 1.165) is 17.8 Å². The minimum absolute atomic E-state index is 0. The summed E-state index contributed by atoms with van der Waals surface area (Å²) in [5, 5.41) is 4.09. The molecule has 3 N–H and O–H groups in total. The highest BCUT2D eigenvalue weighted by atomic mass is 35.5. The molecule has 2 heterocycles. The molecule has 1 amide bonds. The van der Waals surface area contributed by atoms with Crippen LogP contribution in [-0.4, -0.2) is 37.2 Å². The van der Waals surface area contributed by atoms with E-state index in [-0.39, 0.29) is 30.7 Å². The van der Waals surface area contributed by atoms with Crippen molar-refractivity contribution in [2.45, 2.75) is 32.6 Å². The summed E-state index contributed by atoms with van der Waals surface area (Å²) in [7, 11) is 0. The van der Waals surface area contributed by atoms with Crippen LogP contribution in [0.25, 0.3) is 0 Å². The molecule has 0 aliphatic carbocycles. The van der Waals surface area contributed by atoms with Gasteiger partial charge in [0.15, 0.2) is 0 Å². The number of nitrogens with two attached hydrogens (primary N) is 1. The van der Waals surface area contributed by atoms with Gasteiger partial charge in [-0.2, -0.15) is 0 Å². The number of aromatic nitrogens is 1. The second-order valence-corrected chi connectivity index (χ2v) is 6.38. The number of halogens is 2. The van der Waals surface area contributed by atoms with Crippen molar-refractivity contribution < 1.29 is 9.53 Å². The lowest BCUT2D eigenvalue weighted by atomic mass is 9.79. The van der Waals surface area contributed by atoms with Crippen molar-refractivity contribution in [3.63, 3.8) is 0 Å². The van der Waals surface area contributed by atoms with E-state index in [4.69, 9.17) is 10.5 Å². The van der Waals surface area contributed by atoms with E-state index in [0.29, 0.717) is 39.1 Å². The van der Waals surface area contributed by atoms with E-state index in [9.17, 15) is 4.79 Å². The van der Waals surface area contributed by atoms with Gasteiger partial charge in [0.25, 0.3) is 0 Å². The molecule has 1 saturated heterocycles. The summed E-state index contributed by atoms with van der Waals surface area (Å²) in [4.78, 5) is 18.0. The Kier molecular flexibility index (Phi) is 10.2. The molecule has 0 spiro atoms. The fourth-order valence-electron chi connectivity index (χ4n) is 2.38. The molecule has 5 nitrogen and oxygen atoms in total. The van der Waals surface area contributed by atoms with Crippen LogP contribution in [-0.2, 0) is 22.4 Å². The van der Waals surface area contributed by atoms with Crippen LogP contribution in [0.1, 0.15) is 29.7 Å². The van der Waals surface area contributed by atoms with Gasteiger partial charge in [-0.3, -0.25) is 4.79 Å². The molecule has 0 bridgehead atoms. The number of amides is 1. The minimum atomic E-state index is -0.435. The van der Waals surface area contributed by atoms with E-state index < -0.39 is 5.41 Å². The zero-order valence-electron chi connectivity index (χ0n) is 12.8. The van der Waals surface area contributed by atoms with E-state index in [1.165, 1.54) is 4.88 Å². The third-order valence-electron chi connectivity index (χ3n) is 3.90. The maximum absolute atomic E-state index is 12.3. The van der Waals surface area contributed by atoms with Crippen molar-refractivity contribution in [1.29, 1.82) is 0 Å². The van der Waals surface area contributed by atoms with Crippen molar-refractivity contribution in [1.82, 2.24) is 10.3 Å². The summed E-state index contributed by atoms with van der Waals surface area (Å²) in [6.07, 6.45) is 5.15. The molecule has 1 aliphatic rings. The number of thiazole rings is 1. The number of rotatable bonds is 6. The number of carbonyl (C=O) groups is 1. The predicted molar refractivity (Wildman–Crippen MR) is 94.2 cm³/mol. The molecule has 0 radical (unpaired) electrons. The number of hydrogen-bond acceptors (Lipinski definition) is 5. The van der Waals surface area contributed by atoms with E-state index in [1.54, 1.807) is 11.3 Å². The van der Waals surface area contributed by atoms with E-state index >= 15 is 0 Å². The number of aryl methyl sites for hydroxylation is 1. The SMILES string of the molecule is CCc1cnc(CCNC(=O)C2(CN)CCOCC2)s1.Cl.Cl. The molecule has 0 aromatic carbocycles. The summed E-state index contributed by atoms with van der Waals surface area (Å²) in [6.45, 7) is 4.38. The molecule has 0 saturated carbocycles. The van der Waals surface area contributed by atoms with Crippen molar-refractivity contribution in [2.24, 2.45) is 11.1 Å². The normalized spacial score (nSPS) is 16.3. The molecule has 8 heteroatoms. The highest BCUT2D eigenvalue weighted by molar-refractivity contribution is 7.11. The van der Waals surface area contributed by atoms with Crippen molar-refractivity contribution in [3.05, 3.63) is 16.1 Å². The third-order valence-corrected chi connectivity index (χ3v) is 5.10. The average molecular weight is 370 g/mol. The maximum atomic E-state index is 12.3. The average Bonchev–Trinajstić information content (AvgIpc) is 2.95. The smallest absolute Gasteiger partial charge is 0.227 e. The number of nitrogens with one attached hydrogen (secondary N) is 1. The zero-order chi connectivity index (χ0) is 14.4. The summed E-state index contributed by atoms with van der Waals surface area (Å²) in [5.41, 5.74) is 5.38. The second kappa shape index (κ2) is 10.4. The van der Waals surface area contributed by atoms with Gasteiger partial charge in [0.2, 0.25) is 5.91 Å². The van der Waals surface area contributed by atoms with Crippen molar-refractivity contribution >= 4 is 42.1 Å². The molecular formula is C14H25Cl2N3O2S. The van der Waals surface area contributed by atoms with Crippen LogP contribution < -0.4 is 11.1 Å². The Hall–Kier alpha value is -0.400. The van der Waals surface area contributed by atoms with Crippen LogP contribution in [0.4, 0.5) is 0 Å². The topological polar surface area (TPSA) is 77.2 Å². The Morgan fingerprint density at radius 2 is 2.14 bits per heavy atom. The third kappa shape index (κ3) is 5.35. The maximum Gasteiger partial charge on any atom is 0.227 e. The van der Waals surface area contributed by atoms with E-state index in [2.05, 4.69) is 17.2 Å². The van der Waals surface area contributed by atoms with Crippen LogP contribution in [0.5, 0.6) is 0 Å². The monoisotopic (exact) mass is 369 g/mol. The largest absolute Gasteiger partial charge is 0.381 e. The first kappa shape index (κ1) is 21.6. The fourth-order valence-corrected chi connectivity index (χ4v) is 3.25. The minimum Gasteiger partial charge on any atom is -0.381 e. The highest BCUT2D eigenvalue weighted by Gasteiger charge is 2.38. The van der Waals surface area contributed by atoms with Gasteiger partial charge in [-0.25, -0.2) is 4.98 Å². The van der Waals surface area contributed by atoms with Gasteiger partial charge in [0.1, 0.15) is 0 Å². The zero-order valence-corrected chi connectivity index (χ0v) is 15.2. The standard InChI is InChI=1S/C14H23N3O2S.2ClH/c1-2-11-9-17-12(20-11)3-6-16-13(18)14(10-15)4-7-19-8-5-14;;/h9H,2-8,10,15H2,1H3,(H,16,18);2*1H. The lowest BCUT2D eigenvalue weighted by molar-refractivity contribution is -0.135. The first-order chi connectivity index (χ1) is 9.70. The lowest BCUT2D eigenvalue weighted by Crippen LogP contribution is -2.49. The quantitative estimate of drug-likeness (QED) is 0.803. The van der Waals surface area contributed by atoms with Gasteiger partial charge in [-0.05, 0) is 19.3 Å². The summed E-state index contributed by atoms with van der Waals surface area (Å²) < 4.78 is 5.32. The lowest BCUT2D eigenvalue weighted by Gasteiger charge is -2.34. The van der Waals surface area contributed by atoms with Crippen LogP contribution in [0.3, 0.4) is 0 Å². The molecule has 22 heavy (non-hydrogen) atoms.